The largest absolute Gasteiger partial charge is 0.314 e. The number of nitrogens with zero attached hydrogens (tertiary/aromatic N) is 1. The van der Waals surface area contributed by atoms with Crippen LogP contribution in [0.1, 0.15) is 0 Å². The van der Waals surface area contributed by atoms with Gasteiger partial charge >= 0.3 is 0 Å². The van der Waals surface area contributed by atoms with Gasteiger partial charge in [0.15, 0.2) is 0 Å². The van der Waals surface area contributed by atoms with Gasteiger partial charge < -0.3 is 4.40 Å². The smallest absolute Gasteiger partial charge is 0.134 e. The Bertz CT molecular complexity index is 677. The Hall–Kier alpha value is -1.01. The zero-order valence-electron chi connectivity index (χ0n) is 9.42. The zero-order chi connectivity index (χ0) is 12.5. The van der Waals surface area contributed by atoms with Gasteiger partial charge in [0.05, 0.1) is 5.44 Å². The summed E-state index contributed by atoms with van der Waals surface area (Å²) >= 11 is 12.4. The Morgan fingerprint density at radius 3 is 2.33 bits per heavy atom. The molecule has 0 amide bonds. The molecule has 0 aliphatic carbocycles. The summed E-state index contributed by atoms with van der Waals surface area (Å²) in [5, 5.41) is 0. The van der Waals surface area contributed by atoms with Crippen LogP contribution in [0.4, 0.5) is 0 Å². The maximum absolute atomic E-state index is 6.19. The van der Waals surface area contributed by atoms with Gasteiger partial charge in [-0.25, -0.2) is 0 Å². The van der Waals surface area contributed by atoms with Crippen molar-refractivity contribution in [1.29, 1.82) is 0 Å². The Morgan fingerprint density at radius 1 is 0.889 bits per heavy atom. The second-order valence-electron chi connectivity index (χ2n) is 3.98. The van der Waals surface area contributed by atoms with E-state index in [9.17, 15) is 0 Å². The molecule has 0 unspecified atom stereocenters. The van der Waals surface area contributed by atoms with Crippen molar-refractivity contribution in [3.8, 4) is 11.1 Å². The average molecular weight is 294 g/mol. The fourth-order valence-electron chi connectivity index (χ4n) is 2.11. The Morgan fingerprint density at radius 2 is 1.61 bits per heavy atom. The van der Waals surface area contributed by atoms with E-state index in [1.54, 1.807) is 0 Å². The maximum atomic E-state index is 6.19. The minimum absolute atomic E-state index is 0.982. The van der Waals surface area contributed by atoms with Crippen molar-refractivity contribution >= 4 is 40.1 Å². The van der Waals surface area contributed by atoms with Crippen LogP contribution in [0.5, 0.6) is 0 Å². The summed E-state index contributed by atoms with van der Waals surface area (Å²) in [4.78, 5) is 0. The van der Waals surface area contributed by atoms with Crippen LogP contribution in [0.3, 0.4) is 0 Å². The summed E-state index contributed by atoms with van der Waals surface area (Å²) in [6, 6.07) is 18.4. The monoisotopic (exact) mass is 293 g/mol. The first-order chi connectivity index (χ1) is 8.77. The molecule has 0 aliphatic heterocycles. The first-order valence-corrected chi connectivity index (χ1v) is 8.70. The van der Waals surface area contributed by atoms with Crippen LogP contribution in [0.2, 0.25) is 0 Å². The molecule has 3 aromatic rings. The molecule has 0 saturated heterocycles. The normalized spacial score (nSPS) is 11.3. The topological polar surface area (TPSA) is 4.41 Å². The second kappa shape index (κ2) is 4.93. The third kappa shape index (κ3) is 2.03. The lowest BCUT2D eigenvalue weighted by Crippen LogP contribution is -2.06. The first kappa shape index (κ1) is 12.0. The molecular weight excluding hydrogens is 284 g/mol. The van der Waals surface area contributed by atoms with E-state index in [1.807, 2.05) is 36.5 Å². The third-order valence-corrected chi connectivity index (χ3v) is 4.63. The molecule has 0 radical (unpaired) electrons. The van der Waals surface area contributed by atoms with Crippen LogP contribution in [0.15, 0.2) is 60.8 Å². The number of pyridine rings is 1. The molecule has 4 heteroatoms. The summed E-state index contributed by atoms with van der Waals surface area (Å²) < 4.78 is 2.06. The molecule has 90 valence electrons. The maximum Gasteiger partial charge on any atom is 0.134 e. The van der Waals surface area contributed by atoms with Crippen molar-refractivity contribution in [2.75, 3.05) is 0 Å². The molecule has 1 nitrogen and oxygen atoms in total. The highest BCUT2D eigenvalue weighted by Crippen LogP contribution is 2.48. The van der Waals surface area contributed by atoms with Crippen molar-refractivity contribution in [3.05, 3.63) is 60.8 Å². The molecule has 0 aliphatic rings. The van der Waals surface area contributed by atoms with Gasteiger partial charge in [0.25, 0.3) is 0 Å². The molecule has 0 fully saturated rings. The standard InChI is InChI=1S/C14H10Cl2NP/c15-18(16)14-13(11-6-2-1-3-7-11)10-12-8-4-5-9-17(12)14/h1-10H. The molecule has 0 spiro atoms. The van der Waals surface area contributed by atoms with E-state index in [1.165, 1.54) is 0 Å². The summed E-state index contributed by atoms with van der Waals surface area (Å²) in [5.74, 6) is 0. The van der Waals surface area contributed by atoms with Gasteiger partial charge in [0.2, 0.25) is 0 Å². The molecule has 3 rings (SSSR count). The molecule has 0 bridgehead atoms. The van der Waals surface area contributed by atoms with Gasteiger partial charge in [-0.3, -0.25) is 0 Å². The first-order valence-electron chi connectivity index (χ1n) is 5.54. The van der Waals surface area contributed by atoms with Crippen molar-refractivity contribution in [2.24, 2.45) is 0 Å². The fraction of sp³-hybridized carbons (Fsp3) is 0. The highest BCUT2D eigenvalue weighted by atomic mass is 35.9. The Balaban J connectivity index is 2.32. The fourth-order valence-corrected chi connectivity index (χ4v) is 3.87. The second-order valence-corrected chi connectivity index (χ2v) is 7.41. The van der Waals surface area contributed by atoms with Crippen molar-refractivity contribution in [1.82, 2.24) is 4.40 Å². The number of hydrogen-bond acceptors (Lipinski definition) is 0. The molecule has 2 aromatic heterocycles. The van der Waals surface area contributed by atoms with Crippen LogP contribution in [0, 0.1) is 0 Å². The van der Waals surface area contributed by atoms with E-state index < -0.39 is 6.63 Å². The van der Waals surface area contributed by atoms with Crippen LogP contribution in [-0.2, 0) is 0 Å². The van der Waals surface area contributed by atoms with E-state index in [-0.39, 0.29) is 0 Å². The van der Waals surface area contributed by atoms with Gasteiger partial charge in [0, 0.05) is 17.3 Å². The minimum Gasteiger partial charge on any atom is -0.314 e. The predicted molar refractivity (Wildman–Crippen MR) is 81.1 cm³/mol. The highest BCUT2D eigenvalue weighted by Gasteiger charge is 2.17. The van der Waals surface area contributed by atoms with Gasteiger partial charge in [-0.1, -0.05) is 58.9 Å². The summed E-state index contributed by atoms with van der Waals surface area (Å²) in [7, 11) is 0. The number of aromatic nitrogens is 1. The SMILES string of the molecule is ClP(Cl)c1c(-c2ccccc2)cc2ccccn12. The molecule has 1 aromatic carbocycles. The van der Waals surface area contributed by atoms with Crippen LogP contribution in [0.25, 0.3) is 16.6 Å². The van der Waals surface area contributed by atoms with E-state index >= 15 is 0 Å². The van der Waals surface area contributed by atoms with Crippen LogP contribution >= 0.6 is 29.1 Å². The molecule has 0 saturated carbocycles. The number of rotatable bonds is 2. The number of halogens is 2. The number of benzene rings is 1. The lowest BCUT2D eigenvalue weighted by molar-refractivity contribution is 1.25. The lowest BCUT2D eigenvalue weighted by atomic mass is 10.1. The van der Waals surface area contributed by atoms with E-state index in [0.29, 0.717) is 0 Å². The summed E-state index contributed by atoms with van der Waals surface area (Å²) in [5.41, 5.74) is 4.35. The van der Waals surface area contributed by atoms with Gasteiger partial charge in [-0.2, -0.15) is 0 Å². The molecule has 2 heterocycles. The summed E-state index contributed by atoms with van der Waals surface area (Å²) in [6.45, 7) is -1.20. The Kier molecular flexibility index (Phi) is 3.30. The van der Waals surface area contributed by atoms with Gasteiger partial charge in [-0.15, -0.1) is 0 Å². The predicted octanol–water partition coefficient (Wildman–Crippen LogP) is 5.02. The number of hydrogen-bond donors (Lipinski definition) is 0. The highest BCUT2D eigenvalue weighted by molar-refractivity contribution is 8.08. The molecule has 0 atom stereocenters. The van der Waals surface area contributed by atoms with Gasteiger partial charge in [-0.05, 0) is 23.8 Å². The van der Waals surface area contributed by atoms with Crippen LogP contribution in [-0.4, -0.2) is 4.40 Å². The van der Waals surface area contributed by atoms with E-state index in [4.69, 9.17) is 22.5 Å². The Labute approximate surface area is 116 Å². The average Bonchev–Trinajstić information content (AvgIpc) is 2.79. The molecule has 0 N–H and O–H groups in total. The zero-order valence-corrected chi connectivity index (χ0v) is 11.8. The van der Waals surface area contributed by atoms with E-state index in [2.05, 4.69) is 28.7 Å². The van der Waals surface area contributed by atoms with Crippen molar-refractivity contribution < 1.29 is 0 Å². The van der Waals surface area contributed by atoms with Crippen molar-refractivity contribution in [2.45, 2.75) is 0 Å². The van der Waals surface area contributed by atoms with E-state index in [0.717, 1.165) is 22.1 Å². The third-order valence-electron chi connectivity index (χ3n) is 2.90. The minimum atomic E-state index is -1.20. The summed E-state index contributed by atoms with van der Waals surface area (Å²) in [6.07, 6.45) is 2.00. The lowest BCUT2D eigenvalue weighted by Gasteiger charge is -2.06. The van der Waals surface area contributed by atoms with Gasteiger partial charge in [0.1, 0.15) is 6.63 Å². The van der Waals surface area contributed by atoms with Crippen LogP contribution < -0.4 is 5.44 Å². The molecular formula is C14H10Cl2NP. The molecule has 18 heavy (non-hydrogen) atoms. The van der Waals surface area contributed by atoms with Crippen molar-refractivity contribution in [3.63, 3.8) is 0 Å². The number of fused-ring (bicyclic) bond motifs is 1. The quantitative estimate of drug-likeness (QED) is 0.584.